The fraction of sp³-hybridized carbons (Fsp3) is 0.611. The van der Waals surface area contributed by atoms with Crippen LogP contribution < -0.4 is 0 Å². The predicted molar refractivity (Wildman–Crippen MR) is 91.1 cm³/mol. The maximum absolute atomic E-state index is 11.0. The van der Waals surface area contributed by atoms with Gasteiger partial charge in [-0.3, -0.25) is 14.9 Å². The highest BCUT2D eigenvalue weighted by Gasteiger charge is 2.12. The molecule has 0 rings (SSSR count). The molecule has 0 saturated heterocycles. The van der Waals surface area contributed by atoms with Crippen LogP contribution in [-0.4, -0.2) is 17.3 Å². The summed E-state index contributed by atoms with van der Waals surface area (Å²) in [7, 11) is 0. The summed E-state index contributed by atoms with van der Waals surface area (Å²) in [6.07, 6.45) is 21.1. The number of carbonyl (C=O) groups excluding carboxylic acids is 1. The Morgan fingerprint density at radius 1 is 1.05 bits per heavy atom. The minimum absolute atomic E-state index is 0.249. The van der Waals surface area contributed by atoms with Crippen LogP contribution in [0.15, 0.2) is 36.5 Å². The third-order valence-electron chi connectivity index (χ3n) is 3.27. The summed E-state index contributed by atoms with van der Waals surface area (Å²) < 4.78 is 0. The first kappa shape index (κ1) is 20.3. The average Bonchev–Trinajstić information content (AvgIpc) is 2.50. The molecule has 0 aromatic carbocycles. The number of nitro groups is 1. The summed E-state index contributed by atoms with van der Waals surface area (Å²) in [5.74, 6) is 0. The van der Waals surface area contributed by atoms with E-state index in [0.29, 0.717) is 12.8 Å². The van der Waals surface area contributed by atoms with Gasteiger partial charge in [-0.25, -0.2) is 0 Å². The number of allylic oxidation sites excluding steroid dienone is 4. The number of rotatable bonds is 14. The summed E-state index contributed by atoms with van der Waals surface area (Å²) in [5.41, 5.74) is 0. The first-order valence-electron chi connectivity index (χ1n) is 8.19. The molecule has 0 aromatic rings. The third kappa shape index (κ3) is 13.3. The van der Waals surface area contributed by atoms with Crippen molar-refractivity contribution < 1.29 is 9.72 Å². The molecule has 0 heterocycles. The van der Waals surface area contributed by atoms with Gasteiger partial charge in [0.25, 0.3) is 0 Å². The lowest BCUT2D eigenvalue weighted by molar-refractivity contribution is -0.508. The van der Waals surface area contributed by atoms with Crippen LogP contribution in [0.2, 0.25) is 0 Å². The number of hydrogen-bond acceptors (Lipinski definition) is 3. The van der Waals surface area contributed by atoms with Crippen LogP contribution in [0.4, 0.5) is 0 Å². The van der Waals surface area contributed by atoms with Gasteiger partial charge in [0.1, 0.15) is 0 Å². The van der Waals surface area contributed by atoms with Gasteiger partial charge < -0.3 is 0 Å². The van der Waals surface area contributed by atoms with Gasteiger partial charge in [-0.2, -0.15) is 0 Å². The van der Waals surface area contributed by atoms with Crippen LogP contribution >= 0.6 is 0 Å². The lowest BCUT2D eigenvalue weighted by Gasteiger charge is -2.00. The van der Waals surface area contributed by atoms with Gasteiger partial charge in [-0.05, 0) is 38.2 Å². The Balaban J connectivity index is 3.97. The van der Waals surface area contributed by atoms with Crippen molar-refractivity contribution in [3.05, 3.63) is 46.6 Å². The van der Waals surface area contributed by atoms with Gasteiger partial charge in [-0.15, -0.1) is 0 Å². The second kappa shape index (κ2) is 15.7. The van der Waals surface area contributed by atoms with E-state index >= 15 is 0 Å². The molecule has 0 aliphatic carbocycles. The summed E-state index contributed by atoms with van der Waals surface area (Å²) in [6.45, 7) is 2.16. The van der Waals surface area contributed by atoms with Crippen molar-refractivity contribution in [3.63, 3.8) is 0 Å². The van der Waals surface area contributed by atoms with Crippen molar-refractivity contribution in [1.82, 2.24) is 0 Å². The minimum atomic E-state index is -0.656. The van der Waals surface area contributed by atoms with Gasteiger partial charge in [0.2, 0.25) is 6.04 Å². The molecule has 0 amide bonds. The van der Waals surface area contributed by atoms with Crippen molar-refractivity contribution in [3.8, 4) is 0 Å². The summed E-state index contributed by atoms with van der Waals surface area (Å²) >= 11 is 0. The molecule has 0 spiro atoms. The summed E-state index contributed by atoms with van der Waals surface area (Å²) in [6, 6.07) is -0.656. The monoisotopic (exact) mass is 306 g/mol. The van der Waals surface area contributed by atoms with Crippen LogP contribution in [0.3, 0.4) is 0 Å². The molecule has 4 nitrogen and oxygen atoms in total. The number of hydrogen-bond donors (Lipinski definition) is 0. The molecule has 0 saturated carbocycles. The van der Waals surface area contributed by atoms with E-state index in [-0.39, 0.29) is 4.92 Å². The Hall–Kier alpha value is -1.71. The first-order valence-corrected chi connectivity index (χ1v) is 8.19. The molecule has 0 aliphatic heterocycles. The zero-order valence-corrected chi connectivity index (χ0v) is 13.6. The molecule has 0 fully saturated rings. The largest absolute Gasteiger partial charge is 0.291 e. The molecule has 1 unspecified atom stereocenters. The van der Waals surface area contributed by atoms with Crippen molar-refractivity contribution >= 4 is 6.29 Å². The standard InChI is InChI=1S/C18H28NO3/c1-2-3-4-5-9-12-15-18(19(21)22)16-13-10-7-6-8-11-14-17-20/h7,9-10,12-13,16,18H,2-6,8,11,14-15H2,1H3/b10-7-,12-9-,16-13+. The highest BCUT2D eigenvalue weighted by atomic mass is 16.6. The molecule has 0 aromatic heterocycles. The molecular formula is C18H28NO3. The fourth-order valence-electron chi connectivity index (χ4n) is 1.93. The second-order valence-corrected chi connectivity index (χ2v) is 5.26. The lowest BCUT2D eigenvalue weighted by atomic mass is 10.1. The zero-order valence-electron chi connectivity index (χ0n) is 13.6. The molecule has 123 valence electrons. The molecule has 1 radical (unpaired) electrons. The number of nitrogens with zero attached hydrogens (tertiary/aromatic N) is 1. The maximum Gasteiger partial charge on any atom is 0.234 e. The Morgan fingerprint density at radius 3 is 2.45 bits per heavy atom. The second-order valence-electron chi connectivity index (χ2n) is 5.26. The third-order valence-corrected chi connectivity index (χ3v) is 3.27. The van der Waals surface area contributed by atoms with Crippen LogP contribution in [0.25, 0.3) is 0 Å². The molecule has 0 N–H and O–H groups in total. The van der Waals surface area contributed by atoms with Gasteiger partial charge in [-0.1, -0.05) is 50.1 Å². The van der Waals surface area contributed by atoms with Crippen molar-refractivity contribution in [2.75, 3.05) is 0 Å². The van der Waals surface area contributed by atoms with Crippen LogP contribution in [-0.2, 0) is 4.79 Å². The highest BCUT2D eigenvalue weighted by Crippen LogP contribution is 2.05. The van der Waals surface area contributed by atoms with Gasteiger partial charge in [0.05, 0.1) is 0 Å². The fourth-order valence-corrected chi connectivity index (χ4v) is 1.93. The normalized spacial score (nSPS) is 13.3. The van der Waals surface area contributed by atoms with E-state index in [1.807, 2.05) is 30.6 Å². The van der Waals surface area contributed by atoms with E-state index in [4.69, 9.17) is 0 Å². The first-order chi connectivity index (χ1) is 10.7. The summed E-state index contributed by atoms with van der Waals surface area (Å²) in [5, 5.41) is 11.0. The Bertz CT molecular complexity index is 373. The lowest BCUT2D eigenvalue weighted by Crippen LogP contribution is -2.15. The van der Waals surface area contributed by atoms with E-state index in [1.165, 1.54) is 12.8 Å². The molecule has 0 bridgehead atoms. The Labute approximate surface area is 134 Å². The maximum atomic E-state index is 11.0. The van der Waals surface area contributed by atoms with Crippen molar-refractivity contribution in [2.24, 2.45) is 0 Å². The molecule has 4 heteroatoms. The quantitative estimate of drug-likeness (QED) is 0.150. The average molecular weight is 306 g/mol. The zero-order chi connectivity index (χ0) is 16.5. The molecule has 0 aliphatic rings. The molecular weight excluding hydrogens is 278 g/mol. The van der Waals surface area contributed by atoms with E-state index in [0.717, 1.165) is 32.1 Å². The van der Waals surface area contributed by atoms with E-state index in [1.54, 1.807) is 12.2 Å². The highest BCUT2D eigenvalue weighted by molar-refractivity contribution is 5.50. The van der Waals surface area contributed by atoms with Gasteiger partial charge in [0.15, 0.2) is 6.29 Å². The van der Waals surface area contributed by atoms with E-state index in [2.05, 4.69) is 6.92 Å². The van der Waals surface area contributed by atoms with Crippen molar-refractivity contribution in [2.45, 2.75) is 70.8 Å². The Morgan fingerprint density at radius 2 is 1.77 bits per heavy atom. The Kier molecular flexibility index (Phi) is 14.5. The summed E-state index contributed by atoms with van der Waals surface area (Å²) in [4.78, 5) is 20.7. The minimum Gasteiger partial charge on any atom is -0.291 e. The van der Waals surface area contributed by atoms with E-state index < -0.39 is 6.04 Å². The van der Waals surface area contributed by atoms with Crippen LogP contribution in [0.5, 0.6) is 0 Å². The topological polar surface area (TPSA) is 60.2 Å². The van der Waals surface area contributed by atoms with E-state index in [9.17, 15) is 14.9 Å². The van der Waals surface area contributed by atoms with Crippen molar-refractivity contribution in [1.29, 1.82) is 0 Å². The molecule has 1 atom stereocenters. The number of unbranched alkanes of at least 4 members (excludes halogenated alkanes) is 6. The SMILES string of the molecule is CCCCC/C=C\CC(/C=C/C=C\CCCC[C]=O)[N+](=O)[O-]. The smallest absolute Gasteiger partial charge is 0.234 e. The van der Waals surface area contributed by atoms with Crippen LogP contribution in [0, 0.1) is 10.1 Å². The molecule has 22 heavy (non-hydrogen) atoms. The van der Waals surface area contributed by atoms with Crippen LogP contribution in [0.1, 0.15) is 64.7 Å². The van der Waals surface area contributed by atoms with Gasteiger partial charge in [0, 0.05) is 17.8 Å². The van der Waals surface area contributed by atoms with Gasteiger partial charge >= 0.3 is 0 Å². The predicted octanol–water partition coefficient (Wildman–Crippen LogP) is 4.94.